The Kier molecular flexibility index (Phi) is 4.48. The lowest BCUT2D eigenvalue weighted by atomic mass is 9.87. The van der Waals surface area contributed by atoms with Gasteiger partial charge in [0.15, 0.2) is 0 Å². The van der Waals surface area contributed by atoms with Gasteiger partial charge in [-0.05, 0) is 35.2 Å². The molecule has 2 rings (SSSR count). The summed E-state index contributed by atoms with van der Waals surface area (Å²) in [6.07, 6.45) is 0. The van der Waals surface area contributed by atoms with Crippen molar-refractivity contribution in [1.82, 2.24) is 0 Å². The van der Waals surface area contributed by atoms with Crippen molar-refractivity contribution in [2.24, 2.45) is 0 Å². The van der Waals surface area contributed by atoms with Gasteiger partial charge in [0, 0.05) is 30.9 Å². The van der Waals surface area contributed by atoms with Gasteiger partial charge >= 0.3 is 0 Å². The quantitative estimate of drug-likeness (QED) is 0.742. The summed E-state index contributed by atoms with van der Waals surface area (Å²) in [4.78, 5) is 2.04. The van der Waals surface area contributed by atoms with E-state index in [0.29, 0.717) is 0 Å². The van der Waals surface area contributed by atoms with Gasteiger partial charge in [-0.1, -0.05) is 44.5 Å². The van der Waals surface area contributed by atoms with E-state index in [-0.39, 0.29) is 5.41 Å². The molecule has 0 bridgehead atoms. The lowest BCUT2D eigenvalue weighted by Crippen LogP contribution is -2.11. The molecule has 0 aliphatic rings. The zero-order valence-corrected chi connectivity index (χ0v) is 14.0. The summed E-state index contributed by atoms with van der Waals surface area (Å²) in [5, 5.41) is 0.740. The van der Waals surface area contributed by atoms with Gasteiger partial charge in [-0.25, -0.2) is 0 Å². The third-order valence-electron chi connectivity index (χ3n) is 3.32. The second-order valence-corrected chi connectivity index (χ2v) is 6.79. The Hall–Kier alpha value is -1.67. The number of hydrogen-bond acceptors (Lipinski definition) is 2. The zero-order valence-electron chi connectivity index (χ0n) is 13.3. The fourth-order valence-electron chi connectivity index (χ4n) is 2.13. The summed E-state index contributed by atoms with van der Waals surface area (Å²) in [5.74, 6) is 1.56. The van der Waals surface area contributed by atoms with E-state index in [1.54, 1.807) is 0 Å². The van der Waals surface area contributed by atoms with Crippen LogP contribution in [0.3, 0.4) is 0 Å². The fraction of sp³-hybridized carbons (Fsp3) is 0.333. The van der Waals surface area contributed by atoms with E-state index in [9.17, 15) is 0 Å². The van der Waals surface area contributed by atoms with Crippen molar-refractivity contribution in [2.75, 3.05) is 19.0 Å². The lowest BCUT2D eigenvalue weighted by Gasteiger charge is -2.21. The first-order valence-electron chi connectivity index (χ1n) is 7.02. The van der Waals surface area contributed by atoms with Crippen LogP contribution in [0, 0.1) is 0 Å². The molecule has 2 aromatic rings. The molecule has 0 aliphatic heterocycles. The van der Waals surface area contributed by atoms with Crippen LogP contribution in [0.2, 0.25) is 5.02 Å². The molecule has 0 atom stereocenters. The molecule has 0 fully saturated rings. The Balaban J connectivity index is 2.25. The summed E-state index contributed by atoms with van der Waals surface area (Å²) in [7, 11) is 4.02. The first-order valence-corrected chi connectivity index (χ1v) is 7.40. The molecule has 0 aromatic heterocycles. The second-order valence-electron chi connectivity index (χ2n) is 6.39. The van der Waals surface area contributed by atoms with Gasteiger partial charge in [0.2, 0.25) is 0 Å². The molecular formula is C18H22ClNO. The Morgan fingerprint density at radius 1 is 0.952 bits per heavy atom. The molecule has 0 heterocycles. The molecule has 0 N–H and O–H groups in total. The molecule has 112 valence electrons. The summed E-state index contributed by atoms with van der Waals surface area (Å²) in [5.41, 5.74) is 2.25. The molecule has 0 spiro atoms. The van der Waals surface area contributed by atoms with Crippen LogP contribution in [-0.2, 0) is 5.41 Å². The van der Waals surface area contributed by atoms with Crippen LogP contribution in [0.4, 0.5) is 5.69 Å². The van der Waals surface area contributed by atoms with E-state index in [2.05, 4.69) is 20.8 Å². The number of halogens is 1. The van der Waals surface area contributed by atoms with Gasteiger partial charge in [0.25, 0.3) is 0 Å². The van der Waals surface area contributed by atoms with E-state index >= 15 is 0 Å². The minimum absolute atomic E-state index is 0.0282. The maximum Gasteiger partial charge on any atom is 0.129 e. The predicted octanol–water partition coefficient (Wildman–Crippen LogP) is 5.50. The third kappa shape index (κ3) is 3.92. The van der Waals surface area contributed by atoms with Crippen LogP contribution in [0.25, 0.3) is 0 Å². The van der Waals surface area contributed by atoms with Gasteiger partial charge in [0.05, 0.1) is 0 Å². The van der Waals surface area contributed by atoms with Crippen LogP contribution in [0.15, 0.2) is 42.5 Å². The zero-order chi connectivity index (χ0) is 15.6. The first-order chi connectivity index (χ1) is 9.77. The number of benzene rings is 2. The average Bonchev–Trinajstić information content (AvgIpc) is 2.37. The molecule has 0 saturated carbocycles. The van der Waals surface area contributed by atoms with E-state index in [0.717, 1.165) is 27.8 Å². The van der Waals surface area contributed by atoms with Crippen molar-refractivity contribution >= 4 is 17.3 Å². The number of ether oxygens (including phenoxy) is 1. The SMILES string of the molecule is CN(C)c1cccc(Oc2ccc(C(C)(C)C)c(Cl)c2)c1. The van der Waals surface area contributed by atoms with Crippen LogP contribution >= 0.6 is 11.6 Å². The highest BCUT2D eigenvalue weighted by atomic mass is 35.5. The normalized spacial score (nSPS) is 11.3. The molecular weight excluding hydrogens is 282 g/mol. The number of rotatable bonds is 3. The fourth-order valence-corrected chi connectivity index (χ4v) is 2.58. The van der Waals surface area contributed by atoms with Gasteiger partial charge in [-0.2, -0.15) is 0 Å². The maximum absolute atomic E-state index is 6.37. The van der Waals surface area contributed by atoms with Crippen LogP contribution in [-0.4, -0.2) is 14.1 Å². The summed E-state index contributed by atoms with van der Waals surface area (Å²) in [6, 6.07) is 13.9. The van der Waals surface area contributed by atoms with E-state index in [4.69, 9.17) is 16.3 Å². The second kappa shape index (κ2) is 5.98. The standard InChI is InChI=1S/C18H22ClNO/c1-18(2,3)16-10-9-15(12-17(16)19)21-14-8-6-7-13(11-14)20(4)5/h6-12H,1-5H3. The van der Waals surface area contributed by atoms with Gasteiger partial charge < -0.3 is 9.64 Å². The largest absolute Gasteiger partial charge is 0.457 e. The molecule has 2 aromatic carbocycles. The third-order valence-corrected chi connectivity index (χ3v) is 3.63. The van der Waals surface area contributed by atoms with Crippen molar-refractivity contribution in [3.63, 3.8) is 0 Å². The van der Waals surface area contributed by atoms with Gasteiger partial charge in [0.1, 0.15) is 11.5 Å². The van der Waals surface area contributed by atoms with Crippen molar-refractivity contribution in [3.8, 4) is 11.5 Å². The van der Waals surface area contributed by atoms with Crippen LogP contribution in [0.5, 0.6) is 11.5 Å². The van der Waals surface area contributed by atoms with Gasteiger partial charge in [-0.15, -0.1) is 0 Å². The van der Waals surface area contributed by atoms with Crippen molar-refractivity contribution < 1.29 is 4.74 Å². The van der Waals surface area contributed by atoms with Crippen LogP contribution < -0.4 is 9.64 Å². The number of hydrogen-bond donors (Lipinski definition) is 0. The Bertz CT molecular complexity index is 629. The molecule has 0 unspecified atom stereocenters. The highest BCUT2D eigenvalue weighted by Gasteiger charge is 2.17. The first kappa shape index (κ1) is 15.7. The van der Waals surface area contributed by atoms with Crippen molar-refractivity contribution in [2.45, 2.75) is 26.2 Å². The van der Waals surface area contributed by atoms with Crippen molar-refractivity contribution in [3.05, 3.63) is 53.1 Å². The minimum atomic E-state index is 0.0282. The average molecular weight is 304 g/mol. The summed E-state index contributed by atoms with van der Waals surface area (Å²) < 4.78 is 5.91. The number of anilines is 1. The van der Waals surface area contributed by atoms with E-state index < -0.39 is 0 Å². The molecule has 0 aliphatic carbocycles. The predicted molar refractivity (Wildman–Crippen MR) is 91.0 cm³/mol. The molecule has 21 heavy (non-hydrogen) atoms. The Morgan fingerprint density at radius 2 is 1.62 bits per heavy atom. The smallest absolute Gasteiger partial charge is 0.129 e. The molecule has 0 saturated heterocycles. The Morgan fingerprint density at radius 3 is 2.19 bits per heavy atom. The summed E-state index contributed by atoms with van der Waals surface area (Å²) >= 11 is 6.37. The van der Waals surface area contributed by atoms with Crippen molar-refractivity contribution in [1.29, 1.82) is 0 Å². The van der Waals surface area contributed by atoms with E-state index in [1.165, 1.54) is 0 Å². The maximum atomic E-state index is 6.37. The molecule has 2 nitrogen and oxygen atoms in total. The topological polar surface area (TPSA) is 12.5 Å². The Labute approximate surface area is 132 Å². The highest BCUT2D eigenvalue weighted by Crippen LogP contribution is 2.34. The lowest BCUT2D eigenvalue weighted by molar-refractivity contribution is 0.481. The van der Waals surface area contributed by atoms with E-state index in [1.807, 2.05) is 61.5 Å². The highest BCUT2D eigenvalue weighted by molar-refractivity contribution is 6.31. The molecule has 0 radical (unpaired) electrons. The molecule has 0 amide bonds. The minimum Gasteiger partial charge on any atom is -0.457 e. The summed E-state index contributed by atoms with van der Waals surface area (Å²) in [6.45, 7) is 6.44. The number of nitrogens with zero attached hydrogens (tertiary/aromatic N) is 1. The molecule has 3 heteroatoms. The monoisotopic (exact) mass is 303 g/mol. The van der Waals surface area contributed by atoms with Gasteiger partial charge in [-0.3, -0.25) is 0 Å². The van der Waals surface area contributed by atoms with Crippen LogP contribution in [0.1, 0.15) is 26.3 Å².